The molecule has 1 aromatic heterocycles. The Balaban J connectivity index is 1.56. The van der Waals surface area contributed by atoms with E-state index in [2.05, 4.69) is 37.3 Å². The third kappa shape index (κ3) is 6.04. The summed E-state index contributed by atoms with van der Waals surface area (Å²) in [6.07, 6.45) is -1.78. The van der Waals surface area contributed by atoms with E-state index < -0.39 is 41.3 Å². The van der Waals surface area contributed by atoms with Crippen molar-refractivity contribution in [1.29, 1.82) is 5.26 Å². The molecule has 1 amide bonds. The summed E-state index contributed by atoms with van der Waals surface area (Å²) >= 11 is 12.2. The molecule has 13 heteroatoms. The quantitative estimate of drug-likeness (QED) is 0.211. The lowest BCUT2D eigenvalue weighted by Gasteiger charge is -2.37. The first-order chi connectivity index (χ1) is 20.4. The largest absolute Gasteiger partial charge is 0.429 e. The van der Waals surface area contributed by atoms with Crippen molar-refractivity contribution in [2.45, 2.75) is 50.8 Å². The molecule has 0 radical (unpaired) electrons. The van der Waals surface area contributed by atoms with E-state index >= 15 is 8.78 Å². The zero-order valence-corrected chi connectivity index (χ0v) is 24.8. The maximum absolute atomic E-state index is 15.7. The van der Waals surface area contributed by atoms with Crippen LogP contribution in [0.15, 0.2) is 60.7 Å². The number of nitriles is 1. The molecule has 2 heterocycles. The third-order valence-corrected chi connectivity index (χ3v) is 7.91. The van der Waals surface area contributed by atoms with Gasteiger partial charge in [0.1, 0.15) is 17.0 Å². The van der Waals surface area contributed by atoms with Gasteiger partial charge in [0, 0.05) is 27.9 Å². The highest BCUT2D eigenvalue weighted by Crippen LogP contribution is 2.53. The lowest BCUT2D eigenvalue weighted by molar-refractivity contribution is 0.0851. The van der Waals surface area contributed by atoms with E-state index in [4.69, 9.17) is 27.9 Å². The number of amides is 1. The van der Waals surface area contributed by atoms with E-state index in [0.29, 0.717) is 23.5 Å². The number of carbonyl (C=O) groups is 1. The van der Waals surface area contributed by atoms with Crippen molar-refractivity contribution in [3.63, 3.8) is 0 Å². The number of aromatic amines is 1. The molecular formula is C30H27Cl2F2N7O2. The molecule has 3 aromatic carbocycles. The summed E-state index contributed by atoms with van der Waals surface area (Å²) in [7, 11) is 0. The van der Waals surface area contributed by atoms with Crippen LogP contribution in [0.3, 0.4) is 0 Å². The van der Waals surface area contributed by atoms with Crippen LogP contribution in [0.1, 0.15) is 44.2 Å². The molecule has 3 N–H and O–H groups in total. The van der Waals surface area contributed by atoms with Crippen molar-refractivity contribution in [2.75, 3.05) is 5.32 Å². The fourth-order valence-corrected chi connectivity index (χ4v) is 5.97. The highest BCUT2D eigenvalue weighted by Gasteiger charge is 2.61. The Bertz CT molecular complexity index is 1670. The van der Waals surface area contributed by atoms with Crippen LogP contribution in [0.5, 0.6) is 0 Å². The van der Waals surface area contributed by atoms with Gasteiger partial charge in [-0.05, 0) is 70.3 Å². The fraction of sp³-hybridized carbons (Fsp3) is 0.300. The molecule has 43 heavy (non-hydrogen) atoms. The Hall–Kier alpha value is -4.11. The molecule has 4 aromatic rings. The number of hydrogen-bond donors (Lipinski definition) is 3. The van der Waals surface area contributed by atoms with Crippen molar-refractivity contribution in [1.82, 2.24) is 25.9 Å². The first-order valence-electron chi connectivity index (χ1n) is 13.3. The molecule has 1 aliphatic rings. The summed E-state index contributed by atoms with van der Waals surface area (Å²) in [5.74, 6) is -2.30. The summed E-state index contributed by atoms with van der Waals surface area (Å²) in [5.41, 5.74) is -1.02. The van der Waals surface area contributed by atoms with Gasteiger partial charge in [0.05, 0.1) is 17.0 Å². The number of anilines is 1. The monoisotopic (exact) mass is 625 g/mol. The number of nitrogens with one attached hydrogen (secondary N) is 3. The van der Waals surface area contributed by atoms with Gasteiger partial charge >= 0.3 is 6.09 Å². The predicted molar refractivity (Wildman–Crippen MR) is 157 cm³/mol. The fourth-order valence-electron chi connectivity index (χ4n) is 5.63. The molecule has 1 aliphatic heterocycles. The predicted octanol–water partition coefficient (Wildman–Crippen LogP) is 6.98. The lowest BCUT2D eigenvalue weighted by Crippen LogP contribution is -2.44. The number of halogens is 4. The summed E-state index contributed by atoms with van der Waals surface area (Å²) in [6.45, 7) is 5.89. The Morgan fingerprint density at radius 1 is 1.14 bits per heavy atom. The molecular weight excluding hydrogens is 599 g/mol. The molecule has 0 unspecified atom stereocenters. The van der Waals surface area contributed by atoms with Crippen molar-refractivity contribution >= 4 is 35.0 Å². The average molecular weight is 626 g/mol. The first-order valence-corrected chi connectivity index (χ1v) is 14.1. The van der Waals surface area contributed by atoms with Crippen LogP contribution in [0.2, 0.25) is 10.0 Å². The normalized spacial score (nSPS) is 21.8. The van der Waals surface area contributed by atoms with Gasteiger partial charge in [-0.1, -0.05) is 62.2 Å². The van der Waals surface area contributed by atoms with Crippen molar-refractivity contribution < 1.29 is 18.3 Å². The second-order valence-corrected chi connectivity index (χ2v) is 12.3. The highest BCUT2D eigenvalue weighted by molar-refractivity contribution is 6.31. The molecule has 5 rings (SSSR count). The van der Waals surface area contributed by atoms with Crippen LogP contribution >= 0.6 is 23.2 Å². The number of carbonyl (C=O) groups excluding carboxylic acids is 1. The van der Waals surface area contributed by atoms with Gasteiger partial charge in [0.15, 0.2) is 12.1 Å². The number of benzene rings is 3. The molecule has 4 atom stereocenters. The van der Waals surface area contributed by atoms with Gasteiger partial charge < -0.3 is 4.74 Å². The van der Waals surface area contributed by atoms with Gasteiger partial charge in [-0.2, -0.15) is 5.26 Å². The average Bonchev–Trinajstić information content (AvgIpc) is 3.57. The smallest absolute Gasteiger partial charge is 0.413 e. The van der Waals surface area contributed by atoms with Gasteiger partial charge in [-0.3, -0.25) is 10.6 Å². The number of aromatic nitrogens is 4. The van der Waals surface area contributed by atoms with E-state index in [9.17, 15) is 10.1 Å². The Kier molecular flexibility index (Phi) is 8.38. The van der Waals surface area contributed by atoms with Crippen LogP contribution in [-0.4, -0.2) is 39.0 Å². The van der Waals surface area contributed by atoms with E-state index in [1.807, 2.05) is 20.8 Å². The zero-order valence-electron chi connectivity index (χ0n) is 23.3. The van der Waals surface area contributed by atoms with Crippen LogP contribution < -0.4 is 10.6 Å². The number of rotatable bonds is 6. The van der Waals surface area contributed by atoms with Gasteiger partial charge in [-0.15, -0.1) is 5.10 Å². The first kappa shape index (κ1) is 30.4. The molecule has 9 nitrogen and oxygen atoms in total. The number of nitrogens with zero attached hydrogens (tertiary/aromatic N) is 4. The van der Waals surface area contributed by atoms with Gasteiger partial charge in [0.25, 0.3) is 0 Å². The minimum Gasteiger partial charge on any atom is -0.429 e. The Morgan fingerprint density at radius 2 is 1.88 bits per heavy atom. The van der Waals surface area contributed by atoms with Crippen LogP contribution in [-0.2, 0) is 10.2 Å². The zero-order chi connectivity index (χ0) is 30.9. The Morgan fingerprint density at radius 3 is 2.51 bits per heavy atom. The summed E-state index contributed by atoms with van der Waals surface area (Å²) in [4.78, 5) is 13.2. The maximum Gasteiger partial charge on any atom is 0.413 e. The number of hydrogen-bond acceptors (Lipinski definition) is 7. The van der Waals surface area contributed by atoms with Crippen molar-refractivity contribution in [3.05, 3.63) is 93.5 Å². The third-order valence-electron chi connectivity index (χ3n) is 7.39. The number of H-pyrrole nitrogens is 1. The molecule has 222 valence electrons. The standard InChI is InChI=1S/C30H27Cl2F2N7O2/c1-29(2,3)14-23-30(15-35,20-12-9-17(31)13-22(20)33)24(19-5-4-6-21(32)25(19)34)27(37-23)43-28(42)36-18-10-7-16(8-11-18)26-38-40-41-39-26/h4-13,23-24,27,37H,14H2,1-3H3,(H,36,42)(H,38,39,40,41)/t23-,24-,27+,30-/m0/s1. The molecule has 1 saturated heterocycles. The van der Waals surface area contributed by atoms with Crippen LogP contribution in [0, 0.1) is 28.4 Å². The SMILES string of the molecule is CC(C)(C)C[C@@H]1N[C@H](OC(=O)Nc2ccc(-c3nnn[nH]3)cc2)[C@H](c2cccc(Cl)c2F)[C@@]1(C#N)c1ccc(Cl)cc1F. The molecule has 0 saturated carbocycles. The second-order valence-electron chi connectivity index (χ2n) is 11.5. The number of tetrazole rings is 1. The van der Waals surface area contributed by atoms with Crippen molar-refractivity contribution in [3.8, 4) is 17.5 Å². The molecule has 0 spiro atoms. The van der Waals surface area contributed by atoms with E-state index in [-0.39, 0.29) is 26.6 Å². The van der Waals surface area contributed by atoms with E-state index in [1.54, 1.807) is 24.3 Å². The summed E-state index contributed by atoms with van der Waals surface area (Å²) in [5, 5.41) is 30.3. The lowest BCUT2D eigenvalue weighted by atomic mass is 9.63. The minimum atomic E-state index is -1.73. The molecule has 0 bridgehead atoms. The highest BCUT2D eigenvalue weighted by atomic mass is 35.5. The van der Waals surface area contributed by atoms with Crippen molar-refractivity contribution in [2.24, 2.45) is 5.41 Å². The van der Waals surface area contributed by atoms with Crippen LogP contribution in [0.4, 0.5) is 19.3 Å². The van der Waals surface area contributed by atoms with E-state index in [1.165, 1.54) is 30.3 Å². The minimum absolute atomic E-state index is 0.00451. The maximum atomic E-state index is 15.7. The molecule has 1 fully saturated rings. The van der Waals surface area contributed by atoms with Gasteiger partial charge in [0.2, 0.25) is 0 Å². The summed E-state index contributed by atoms with van der Waals surface area (Å²) < 4.78 is 37.3. The Labute approximate surface area is 256 Å². The second kappa shape index (κ2) is 11.9. The van der Waals surface area contributed by atoms with Gasteiger partial charge in [-0.25, -0.2) is 18.7 Å². The van der Waals surface area contributed by atoms with E-state index in [0.717, 1.165) is 6.07 Å². The summed E-state index contributed by atoms with van der Waals surface area (Å²) in [6, 6.07) is 16.5. The van der Waals surface area contributed by atoms with Crippen LogP contribution in [0.25, 0.3) is 11.4 Å². The molecule has 0 aliphatic carbocycles. The topological polar surface area (TPSA) is 129 Å². The number of ether oxygens (including phenoxy) is 1.